The van der Waals surface area contributed by atoms with Crippen molar-refractivity contribution in [3.05, 3.63) is 78.5 Å². The van der Waals surface area contributed by atoms with Crippen LogP contribution in [-0.4, -0.2) is 24.4 Å². The molecule has 0 aliphatic heterocycles. The quantitative estimate of drug-likeness (QED) is 0.614. The predicted octanol–water partition coefficient (Wildman–Crippen LogP) is 2.20. The van der Waals surface area contributed by atoms with Crippen LogP contribution in [0.5, 0.6) is 0 Å². The number of benzene rings is 1. The molecule has 3 aromatic heterocycles. The molecule has 0 spiro atoms. The van der Waals surface area contributed by atoms with Gasteiger partial charge in [0.1, 0.15) is 0 Å². The third-order valence-electron chi connectivity index (χ3n) is 3.65. The number of hydrogen-bond donors (Lipinski definition) is 1. The summed E-state index contributed by atoms with van der Waals surface area (Å²) >= 11 is 0. The third kappa shape index (κ3) is 2.84. The Labute approximate surface area is 133 Å². The van der Waals surface area contributed by atoms with Crippen LogP contribution in [0.15, 0.2) is 67.1 Å². The standard InChI is InChI=1S/C17H16N6/c1-2-6-15(7-3-1)23-13-14(11-19-23)10-18-12-17-21-20-16-8-4-5-9-22(16)17/h1-9,11,13,18H,10,12H2. The normalized spacial score (nSPS) is 11.1. The summed E-state index contributed by atoms with van der Waals surface area (Å²) in [6.07, 6.45) is 5.88. The van der Waals surface area contributed by atoms with Crippen molar-refractivity contribution in [3.63, 3.8) is 0 Å². The van der Waals surface area contributed by atoms with Crippen molar-refractivity contribution in [2.24, 2.45) is 0 Å². The number of rotatable bonds is 5. The van der Waals surface area contributed by atoms with E-state index in [-0.39, 0.29) is 0 Å². The molecule has 6 nitrogen and oxygen atoms in total. The molecule has 0 saturated carbocycles. The maximum atomic E-state index is 4.40. The predicted molar refractivity (Wildman–Crippen MR) is 87.1 cm³/mol. The van der Waals surface area contributed by atoms with Gasteiger partial charge in [-0.05, 0) is 24.3 Å². The highest BCUT2D eigenvalue weighted by Crippen LogP contribution is 2.08. The van der Waals surface area contributed by atoms with E-state index in [1.165, 1.54) is 0 Å². The van der Waals surface area contributed by atoms with E-state index in [9.17, 15) is 0 Å². The molecule has 4 rings (SSSR count). The van der Waals surface area contributed by atoms with E-state index >= 15 is 0 Å². The van der Waals surface area contributed by atoms with Gasteiger partial charge in [-0.25, -0.2) is 4.68 Å². The molecule has 0 atom stereocenters. The van der Waals surface area contributed by atoms with Crippen molar-refractivity contribution < 1.29 is 0 Å². The first kappa shape index (κ1) is 13.7. The molecule has 0 aliphatic carbocycles. The minimum atomic E-state index is 0.654. The molecule has 0 unspecified atom stereocenters. The number of nitrogens with zero attached hydrogens (tertiary/aromatic N) is 5. The van der Waals surface area contributed by atoms with Gasteiger partial charge >= 0.3 is 0 Å². The summed E-state index contributed by atoms with van der Waals surface area (Å²) < 4.78 is 3.86. The molecule has 0 fully saturated rings. The molecule has 0 aliphatic rings. The van der Waals surface area contributed by atoms with Gasteiger partial charge < -0.3 is 5.32 Å². The molecule has 6 heteroatoms. The number of fused-ring (bicyclic) bond motifs is 1. The molecule has 0 saturated heterocycles. The minimum absolute atomic E-state index is 0.654. The number of para-hydroxylation sites is 1. The molecule has 0 amide bonds. The Morgan fingerprint density at radius 1 is 0.913 bits per heavy atom. The van der Waals surface area contributed by atoms with Gasteiger partial charge in [0.25, 0.3) is 0 Å². The second-order valence-electron chi connectivity index (χ2n) is 5.28. The topological polar surface area (TPSA) is 60.0 Å². The first-order valence-corrected chi connectivity index (χ1v) is 7.48. The Morgan fingerprint density at radius 3 is 2.70 bits per heavy atom. The monoisotopic (exact) mass is 304 g/mol. The van der Waals surface area contributed by atoms with E-state index in [0.717, 1.165) is 29.3 Å². The highest BCUT2D eigenvalue weighted by molar-refractivity contribution is 5.37. The minimum Gasteiger partial charge on any atom is -0.306 e. The Balaban J connectivity index is 1.41. The molecule has 4 aromatic rings. The Kier molecular flexibility index (Phi) is 3.57. The lowest BCUT2D eigenvalue weighted by Crippen LogP contribution is -2.14. The van der Waals surface area contributed by atoms with Crippen molar-refractivity contribution in [2.75, 3.05) is 0 Å². The Morgan fingerprint density at radius 2 is 1.78 bits per heavy atom. The fourth-order valence-corrected chi connectivity index (χ4v) is 2.50. The van der Waals surface area contributed by atoms with Gasteiger partial charge in [-0.1, -0.05) is 24.3 Å². The molecule has 3 heterocycles. The lowest BCUT2D eigenvalue weighted by atomic mass is 10.3. The summed E-state index contributed by atoms with van der Waals surface area (Å²) in [6.45, 7) is 1.39. The zero-order valence-electron chi connectivity index (χ0n) is 12.5. The van der Waals surface area contributed by atoms with Gasteiger partial charge in [-0.3, -0.25) is 4.40 Å². The summed E-state index contributed by atoms with van der Waals surface area (Å²) in [5.74, 6) is 0.899. The summed E-state index contributed by atoms with van der Waals surface area (Å²) in [6, 6.07) is 16.0. The molecule has 0 radical (unpaired) electrons. The van der Waals surface area contributed by atoms with Crippen LogP contribution in [-0.2, 0) is 13.1 Å². The van der Waals surface area contributed by atoms with Gasteiger partial charge in [0.2, 0.25) is 0 Å². The summed E-state index contributed by atoms with van der Waals surface area (Å²) in [7, 11) is 0. The second-order valence-corrected chi connectivity index (χ2v) is 5.28. The van der Waals surface area contributed by atoms with E-state index in [1.54, 1.807) is 0 Å². The van der Waals surface area contributed by atoms with Crippen LogP contribution in [0.25, 0.3) is 11.3 Å². The van der Waals surface area contributed by atoms with E-state index in [2.05, 4.69) is 20.6 Å². The smallest absolute Gasteiger partial charge is 0.160 e. The first-order valence-electron chi connectivity index (χ1n) is 7.48. The lowest BCUT2D eigenvalue weighted by Gasteiger charge is -2.02. The van der Waals surface area contributed by atoms with Crippen LogP contribution in [0.3, 0.4) is 0 Å². The average Bonchev–Trinajstić information content (AvgIpc) is 3.23. The van der Waals surface area contributed by atoms with E-state index in [1.807, 2.05) is 76.2 Å². The molecular weight excluding hydrogens is 288 g/mol. The SMILES string of the molecule is c1ccc(-n2cc(CNCc3nnc4ccccn34)cn2)cc1. The molecular formula is C17H16N6. The van der Waals surface area contributed by atoms with Crippen molar-refractivity contribution >= 4 is 5.65 Å². The van der Waals surface area contributed by atoms with E-state index in [0.29, 0.717) is 6.54 Å². The van der Waals surface area contributed by atoms with E-state index < -0.39 is 0 Å². The van der Waals surface area contributed by atoms with Crippen molar-refractivity contribution in [1.82, 2.24) is 29.7 Å². The molecule has 23 heavy (non-hydrogen) atoms. The first-order chi connectivity index (χ1) is 11.4. The molecule has 114 valence electrons. The van der Waals surface area contributed by atoms with Crippen LogP contribution in [0.2, 0.25) is 0 Å². The van der Waals surface area contributed by atoms with Crippen LogP contribution >= 0.6 is 0 Å². The van der Waals surface area contributed by atoms with Gasteiger partial charge in [0, 0.05) is 24.5 Å². The number of hydrogen-bond acceptors (Lipinski definition) is 4. The maximum Gasteiger partial charge on any atom is 0.160 e. The zero-order valence-corrected chi connectivity index (χ0v) is 12.5. The van der Waals surface area contributed by atoms with Crippen LogP contribution in [0.1, 0.15) is 11.4 Å². The Bertz CT molecular complexity index is 909. The number of nitrogens with one attached hydrogen (secondary N) is 1. The maximum absolute atomic E-state index is 4.40. The fraction of sp³-hybridized carbons (Fsp3) is 0.118. The third-order valence-corrected chi connectivity index (χ3v) is 3.65. The highest BCUT2D eigenvalue weighted by atomic mass is 15.3. The Hall–Kier alpha value is -2.99. The van der Waals surface area contributed by atoms with Crippen LogP contribution < -0.4 is 5.32 Å². The molecule has 0 bridgehead atoms. The zero-order chi connectivity index (χ0) is 15.5. The van der Waals surface area contributed by atoms with E-state index in [4.69, 9.17) is 0 Å². The number of aromatic nitrogens is 5. The van der Waals surface area contributed by atoms with Gasteiger partial charge in [0.15, 0.2) is 11.5 Å². The highest BCUT2D eigenvalue weighted by Gasteiger charge is 2.05. The van der Waals surface area contributed by atoms with Crippen molar-refractivity contribution in [3.8, 4) is 5.69 Å². The van der Waals surface area contributed by atoms with Crippen LogP contribution in [0, 0.1) is 0 Å². The largest absolute Gasteiger partial charge is 0.306 e. The van der Waals surface area contributed by atoms with Gasteiger partial charge in [0.05, 0.1) is 18.4 Å². The number of pyridine rings is 1. The lowest BCUT2D eigenvalue weighted by molar-refractivity contribution is 0.656. The fourth-order valence-electron chi connectivity index (χ4n) is 2.50. The summed E-state index contributed by atoms with van der Waals surface area (Å²) in [5, 5.41) is 16.1. The molecule has 1 aromatic carbocycles. The second kappa shape index (κ2) is 6.02. The van der Waals surface area contributed by atoms with Crippen molar-refractivity contribution in [1.29, 1.82) is 0 Å². The summed E-state index contributed by atoms with van der Waals surface area (Å²) in [4.78, 5) is 0. The molecule has 1 N–H and O–H groups in total. The van der Waals surface area contributed by atoms with Gasteiger partial charge in [-0.2, -0.15) is 5.10 Å². The summed E-state index contributed by atoms with van der Waals surface area (Å²) in [5.41, 5.74) is 3.05. The average molecular weight is 304 g/mol. The van der Waals surface area contributed by atoms with Crippen LogP contribution in [0.4, 0.5) is 0 Å². The van der Waals surface area contributed by atoms with Gasteiger partial charge in [-0.15, -0.1) is 10.2 Å². The van der Waals surface area contributed by atoms with Crippen molar-refractivity contribution in [2.45, 2.75) is 13.1 Å².